The molecule has 0 N–H and O–H groups in total. The summed E-state index contributed by atoms with van der Waals surface area (Å²) in [6, 6.07) is 13.3. The van der Waals surface area contributed by atoms with Crippen LogP contribution in [0.25, 0.3) is 4.85 Å². The zero-order valence-electron chi connectivity index (χ0n) is 15.2. The third-order valence-electron chi connectivity index (χ3n) is 5.29. The van der Waals surface area contributed by atoms with Gasteiger partial charge < -0.3 is 14.4 Å². The van der Waals surface area contributed by atoms with Gasteiger partial charge in [-0.15, -0.1) is 0 Å². The van der Waals surface area contributed by atoms with Crippen molar-refractivity contribution in [2.75, 3.05) is 32.8 Å². The lowest BCUT2D eigenvalue weighted by Crippen LogP contribution is -2.23. The van der Waals surface area contributed by atoms with Crippen LogP contribution in [0.3, 0.4) is 0 Å². The van der Waals surface area contributed by atoms with Crippen LogP contribution < -0.4 is 9.47 Å². The summed E-state index contributed by atoms with van der Waals surface area (Å²) in [5.41, 5.74) is 2.64. The molecule has 27 heavy (non-hydrogen) atoms. The molecule has 0 saturated carbocycles. The molecule has 2 aromatic rings. The predicted molar refractivity (Wildman–Crippen MR) is 103 cm³/mol. The molecular weight excluding hydrogens is 340 g/mol. The average Bonchev–Trinajstić information content (AvgIpc) is 3.21. The lowest BCUT2D eigenvalue weighted by molar-refractivity contribution is 0.0967. The first-order valence-corrected chi connectivity index (χ1v) is 9.35. The molecule has 2 aliphatic heterocycles. The van der Waals surface area contributed by atoms with Gasteiger partial charge in [-0.25, -0.2) is 4.85 Å². The van der Waals surface area contributed by atoms with Gasteiger partial charge in [0.2, 0.25) is 0 Å². The number of nitrogens with zero attached hydrogens (tertiary/aromatic N) is 2. The second-order valence-corrected chi connectivity index (χ2v) is 7.02. The van der Waals surface area contributed by atoms with Crippen LogP contribution in [-0.2, 0) is 0 Å². The Morgan fingerprint density at radius 3 is 2.67 bits per heavy atom. The summed E-state index contributed by atoms with van der Waals surface area (Å²) in [7, 11) is 0. The highest BCUT2D eigenvalue weighted by Gasteiger charge is 2.24. The fourth-order valence-corrected chi connectivity index (χ4v) is 3.75. The Balaban J connectivity index is 1.31. The first-order chi connectivity index (χ1) is 13.2. The van der Waals surface area contributed by atoms with E-state index in [0.29, 0.717) is 48.3 Å². The summed E-state index contributed by atoms with van der Waals surface area (Å²) in [5, 5.41) is 0. The standard InChI is InChI=1S/C22H22N2O3/c1-23-19-5-2-16(3-6-19)18-8-10-24(15-18)11-9-20(25)17-4-7-21-22(14-17)27-13-12-26-21/h2-7,14,18H,8-13,15H2. The molecule has 5 nitrogen and oxygen atoms in total. The van der Waals surface area contributed by atoms with E-state index in [1.807, 2.05) is 24.3 Å². The summed E-state index contributed by atoms with van der Waals surface area (Å²) in [4.78, 5) is 18.4. The lowest BCUT2D eigenvalue weighted by Gasteiger charge is -2.19. The number of rotatable bonds is 5. The van der Waals surface area contributed by atoms with Crippen molar-refractivity contribution in [2.45, 2.75) is 18.8 Å². The molecule has 138 valence electrons. The molecule has 2 heterocycles. The number of likely N-dealkylation sites (tertiary alicyclic amines) is 1. The highest BCUT2D eigenvalue weighted by molar-refractivity contribution is 5.96. The van der Waals surface area contributed by atoms with Gasteiger partial charge in [-0.1, -0.05) is 24.3 Å². The van der Waals surface area contributed by atoms with Gasteiger partial charge in [0, 0.05) is 25.1 Å². The summed E-state index contributed by atoms with van der Waals surface area (Å²) >= 11 is 0. The third kappa shape index (κ3) is 3.96. The van der Waals surface area contributed by atoms with Crippen LogP contribution in [-0.4, -0.2) is 43.5 Å². The number of carbonyl (C=O) groups is 1. The zero-order valence-corrected chi connectivity index (χ0v) is 15.2. The normalized spacial score (nSPS) is 18.9. The zero-order chi connectivity index (χ0) is 18.6. The largest absolute Gasteiger partial charge is 0.486 e. The molecule has 0 aliphatic carbocycles. The van der Waals surface area contributed by atoms with Gasteiger partial charge in [0.1, 0.15) is 13.2 Å². The van der Waals surface area contributed by atoms with E-state index in [1.54, 1.807) is 6.07 Å². The van der Waals surface area contributed by atoms with Crippen LogP contribution in [0.4, 0.5) is 5.69 Å². The molecule has 1 fully saturated rings. The van der Waals surface area contributed by atoms with E-state index >= 15 is 0 Å². The maximum absolute atomic E-state index is 12.6. The number of Topliss-reactive ketones (excluding diaryl/α,β-unsaturated/α-hetero) is 1. The molecule has 1 atom stereocenters. The van der Waals surface area contributed by atoms with Crippen molar-refractivity contribution in [3.8, 4) is 11.5 Å². The van der Waals surface area contributed by atoms with E-state index < -0.39 is 0 Å². The smallest absolute Gasteiger partial charge is 0.187 e. The van der Waals surface area contributed by atoms with E-state index in [9.17, 15) is 4.79 Å². The highest BCUT2D eigenvalue weighted by Crippen LogP contribution is 2.32. The molecule has 1 saturated heterocycles. The monoisotopic (exact) mass is 362 g/mol. The van der Waals surface area contributed by atoms with Crippen LogP contribution in [0.2, 0.25) is 0 Å². The van der Waals surface area contributed by atoms with E-state index in [2.05, 4.69) is 21.9 Å². The summed E-state index contributed by atoms with van der Waals surface area (Å²) in [6.07, 6.45) is 1.60. The maximum atomic E-state index is 12.6. The maximum Gasteiger partial charge on any atom is 0.187 e. The Morgan fingerprint density at radius 1 is 1.11 bits per heavy atom. The van der Waals surface area contributed by atoms with Crippen LogP contribution in [0.1, 0.15) is 34.7 Å². The molecule has 5 heteroatoms. The highest BCUT2D eigenvalue weighted by atomic mass is 16.6. The van der Waals surface area contributed by atoms with E-state index in [4.69, 9.17) is 16.0 Å². The van der Waals surface area contributed by atoms with E-state index in [-0.39, 0.29) is 5.78 Å². The molecule has 2 aromatic carbocycles. The molecule has 0 spiro atoms. The van der Waals surface area contributed by atoms with Gasteiger partial charge in [0.25, 0.3) is 0 Å². The van der Waals surface area contributed by atoms with Gasteiger partial charge in [-0.2, -0.15) is 0 Å². The van der Waals surface area contributed by atoms with Crippen LogP contribution in [0, 0.1) is 6.57 Å². The Bertz CT molecular complexity index is 870. The van der Waals surface area contributed by atoms with Crippen LogP contribution >= 0.6 is 0 Å². The second-order valence-electron chi connectivity index (χ2n) is 7.02. The fraction of sp³-hybridized carbons (Fsp3) is 0.364. The van der Waals surface area contributed by atoms with Gasteiger partial charge >= 0.3 is 0 Å². The SMILES string of the molecule is [C-]#[N+]c1ccc(C2CCN(CCC(=O)c3ccc4c(c3)OCCO4)C2)cc1. The third-order valence-corrected chi connectivity index (χ3v) is 5.29. The number of hydrogen-bond acceptors (Lipinski definition) is 4. The Morgan fingerprint density at radius 2 is 1.89 bits per heavy atom. The molecule has 0 aromatic heterocycles. The summed E-state index contributed by atoms with van der Waals surface area (Å²) in [5.74, 6) is 1.99. The van der Waals surface area contributed by atoms with Crippen molar-refractivity contribution < 1.29 is 14.3 Å². The van der Waals surface area contributed by atoms with Gasteiger partial charge in [-0.05, 0) is 42.6 Å². The van der Waals surface area contributed by atoms with Gasteiger partial charge in [0.15, 0.2) is 23.0 Å². The van der Waals surface area contributed by atoms with Crippen molar-refractivity contribution in [3.05, 3.63) is 65.0 Å². The number of ether oxygens (including phenoxy) is 2. The van der Waals surface area contributed by atoms with Crippen molar-refractivity contribution in [1.82, 2.24) is 4.90 Å². The van der Waals surface area contributed by atoms with Crippen molar-refractivity contribution >= 4 is 11.5 Å². The number of carbonyl (C=O) groups excluding carboxylic acids is 1. The molecular formula is C22H22N2O3. The van der Waals surface area contributed by atoms with Crippen molar-refractivity contribution in [2.24, 2.45) is 0 Å². The van der Waals surface area contributed by atoms with E-state index in [1.165, 1.54) is 5.56 Å². The number of benzene rings is 2. The molecule has 4 rings (SSSR count). The minimum absolute atomic E-state index is 0.136. The predicted octanol–water partition coefficient (Wildman–Crippen LogP) is 4.07. The molecule has 0 radical (unpaired) electrons. The lowest BCUT2D eigenvalue weighted by atomic mass is 9.98. The van der Waals surface area contributed by atoms with Crippen molar-refractivity contribution in [1.29, 1.82) is 0 Å². The Kier molecular flexibility index (Phi) is 5.08. The second kappa shape index (κ2) is 7.81. The van der Waals surface area contributed by atoms with E-state index in [0.717, 1.165) is 26.1 Å². The summed E-state index contributed by atoms with van der Waals surface area (Å²) < 4.78 is 11.1. The minimum atomic E-state index is 0.136. The fourth-order valence-electron chi connectivity index (χ4n) is 3.75. The topological polar surface area (TPSA) is 43.1 Å². The molecule has 2 aliphatic rings. The number of hydrogen-bond donors (Lipinski definition) is 0. The van der Waals surface area contributed by atoms with Gasteiger partial charge in [-0.3, -0.25) is 4.79 Å². The first-order valence-electron chi connectivity index (χ1n) is 9.35. The number of ketones is 1. The van der Waals surface area contributed by atoms with Crippen molar-refractivity contribution in [3.63, 3.8) is 0 Å². The summed E-state index contributed by atoms with van der Waals surface area (Å²) in [6.45, 7) is 10.9. The first kappa shape index (κ1) is 17.6. The molecule has 1 unspecified atom stereocenters. The Hall–Kier alpha value is -2.84. The molecule has 0 amide bonds. The van der Waals surface area contributed by atoms with Crippen LogP contribution in [0.5, 0.6) is 11.5 Å². The van der Waals surface area contributed by atoms with Gasteiger partial charge in [0.05, 0.1) is 6.57 Å². The minimum Gasteiger partial charge on any atom is -0.486 e. The Labute approximate surface area is 159 Å². The average molecular weight is 362 g/mol. The quantitative estimate of drug-likeness (QED) is 0.594. The number of fused-ring (bicyclic) bond motifs is 1. The molecule has 0 bridgehead atoms. The van der Waals surface area contributed by atoms with Crippen LogP contribution in [0.15, 0.2) is 42.5 Å².